The number of nitrogen functional groups attached to an aromatic ring is 1. The fourth-order valence-electron chi connectivity index (χ4n) is 7.92. The van der Waals surface area contributed by atoms with Crippen LogP contribution in [-0.2, 0) is 6.42 Å². The number of alkyl halides is 2. The molecule has 0 amide bonds. The van der Waals surface area contributed by atoms with E-state index in [1.165, 1.54) is 23.1 Å². The average molecular weight is 648 g/mol. The van der Waals surface area contributed by atoms with Crippen molar-refractivity contribution in [1.29, 1.82) is 0 Å². The summed E-state index contributed by atoms with van der Waals surface area (Å²) in [6.07, 6.45) is 6.92. The van der Waals surface area contributed by atoms with Crippen molar-refractivity contribution in [2.45, 2.75) is 76.5 Å². The molecule has 0 radical (unpaired) electrons. The molecule has 0 saturated carbocycles. The van der Waals surface area contributed by atoms with Gasteiger partial charge >= 0.3 is 6.01 Å². The zero-order valence-electron chi connectivity index (χ0n) is 26.4. The van der Waals surface area contributed by atoms with E-state index in [1.807, 2.05) is 13.8 Å². The molecule has 12 heteroatoms. The quantitative estimate of drug-likeness (QED) is 0.120. The second-order valence-corrected chi connectivity index (χ2v) is 12.5. The van der Waals surface area contributed by atoms with Crippen LogP contribution in [0.25, 0.3) is 32.9 Å². The average Bonchev–Trinajstić information content (AvgIpc) is 3.61. The Hall–Kier alpha value is -4.21. The Bertz CT molecular complexity index is 1900. The number of aromatic nitrogens is 3. The first-order chi connectivity index (χ1) is 22.8. The summed E-state index contributed by atoms with van der Waals surface area (Å²) in [6.45, 7) is 6.11. The standard InChI is InChI=1S/C33H31F4N7O.C2H6/c1-2-19-21(34)6-5-17-13-18(38)14-20(25(17)19)28-27(36)29-26-22(39-28)7-8-23-30(37)40-24(35)15-44(23)31(26)42-32(41-29)45-16-33-9-3-11-43(33)12-4-10-33;1-2/h1,5-6,13-14,23-24,30,40H,3-4,7-12,15-16,38H2;1-2H3. The molecule has 0 bridgehead atoms. The molecular formula is C35H37F4N7O. The van der Waals surface area contributed by atoms with Crippen LogP contribution in [0.3, 0.4) is 0 Å². The molecule has 4 aliphatic rings. The molecule has 3 N–H and O–H groups in total. The number of rotatable bonds is 4. The SMILES string of the molecule is C#Cc1c(F)ccc2cc(N)cc(-c3nc4c5c(nc(OCC67CCCN6CCC7)nc5c3F)N3CC(F)NC(F)C3CC4)c12.CC. The van der Waals surface area contributed by atoms with Gasteiger partial charge in [-0.15, -0.1) is 6.42 Å². The lowest BCUT2D eigenvalue weighted by Gasteiger charge is -2.40. The second kappa shape index (κ2) is 12.1. The monoisotopic (exact) mass is 647 g/mol. The highest BCUT2D eigenvalue weighted by Crippen LogP contribution is 2.43. The summed E-state index contributed by atoms with van der Waals surface area (Å²) in [7, 11) is 0. The maximum absolute atomic E-state index is 16.9. The Morgan fingerprint density at radius 2 is 1.85 bits per heavy atom. The molecule has 6 heterocycles. The molecule has 246 valence electrons. The molecule has 3 unspecified atom stereocenters. The number of halogens is 4. The van der Waals surface area contributed by atoms with Crippen molar-refractivity contribution in [2.24, 2.45) is 0 Å². The topological polar surface area (TPSA) is 92.4 Å². The number of aryl methyl sites for hydroxylation is 1. The summed E-state index contributed by atoms with van der Waals surface area (Å²) in [5.41, 5.74) is 6.74. The van der Waals surface area contributed by atoms with Gasteiger partial charge in [0.15, 0.2) is 18.4 Å². The minimum atomic E-state index is -1.69. The molecule has 3 fully saturated rings. The van der Waals surface area contributed by atoms with Gasteiger partial charge in [-0.1, -0.05) is 25.8 Å². The lowest BCUT2D eigenvalue weighted by Crippen LogP contribution is -2.59. The lowest BCUT2D eigenvalue weighted by atomic mass is 9.95. The van der Waals surface area contributed by atoms with Gasteiger partial charge in [-0.05, 0) is 75.2 Å². The number of nitrogens with zero attached hydrogens (tertiary/aromatic N) is 5. The van der Waals surface area contributed by atoms with E-state index in [-0.39, 0.29) is 69.9 Å². The smallest absolute Gasteiger partial charge is 0.319 e. The highest BCUT2D eigenvalue weighted by Gasteiger charge is 2.45. The number of piperazine rings is 1. The lowest BCUT2D eigenvalue weighted by molar-refractivity contribution is 0.104. The molecular weight excluding hydrogens is 610 g/mol. The summed E-state index contributed by atoms with van der Waals surface area (Å²) >= 11 is 0. The van der Waals surface area contributed by atoms with Crippen LogP contribution in [0.5, 0.6) is 6.01 Å². The zero-order valence-corrected chi connectivity index (χ0v) is 26.4. The normalized spacial score (nSPS) is 23.1. The molecule has 47 heavy (non-hydrogen) atoms. The number of pyridine rings is 1. The fourth-order valence-corrected chi connectivity index (χ4v) is 7.92. The highest BCUT2D eigenvalue weighted by molar-refractivity contribution is 6.04. The van der Waals surface area contributed by atoms with Crippen LogP contribution in [-0.4, -0.2) is 70.3 Å². The van der Waals surface area contributed by atoms with Crippen LogP contribution < -0.4 is 20.7 Å². The van der Waals surface area contributed by atoms with Crippen molar-refractivity contribution in [3.63, 3.8) is 0 Å². The first-order valence-corrected chi connectivity index (χ1v) is 16.3. The number of benzene rings is 2. The summed E-state index contributed by atoms with van der Waals surface area (Å²) in [6, 6.07) is 5.05. The van der Waals surface area contributed by atoms with Crippen molar-refractivity contribution >= 4 is 33.2 Å². The first-order valence-electron chi connectivity index (χ1n) is 16.3. The zero-order chi connectivity index (χ0) is 33.0. The van der Waals surface area contributed by atoms with Gasteiger partial charge in [0, 0.05) is 16.6 Å². The Balaban J connectivity index is 0.00000172. The number of anilines is 2. The minimum Gasteiger partial charge on any atom is -0.461 e. The van der Waals surface area contributed by atoms with Gasteiger partial charge in [0.25, 0.3) is 0 Å². The molecule has 8 rings (SSSR count). The summed E-state index contributed by atoms with van der Waals surface area (Å²) in [5.74, 6) is 1.12. The highest BCUT2D eigenvalue weighted by atomic mass is 19.2. The fraction of sp³-hybridized carbons (Fsp3) is 0.457. The van der Waals surface area contributed by atoms with Crippen molar-refractivity contribution in [2.75, 3.05) is 36.9 Å². The predicted octanol–water partition coefficient (Wildman–Crippen LogP) is 6.04. The Morgan fingerprint density at radius 1 is 1.09 bits per heavy atom. The van der Waals surface area contributed by atoms with Gasteiger partial charge in [-0.3, -0.25) is 10.2 Å². The molecule has 3 atom stereocenters. The van der Waals surface area contributed by atoms with E-state index in [0.29, 0.717) is 23.4 Å². The summed E-state index contributed by atoms with van der Waals surface area (Å²) < 4.78 is 68.1. The van der Waals surface area contributed by atoms with Crippen LogP contribution in [0.2, 0.25) is 0 Å². The van der Waals surface area contributed by atoms with Gasteiger partial charge in [0.05, 0.1) is 34.8 Å². The van der Waals surface area contributed by atoms with Crippen molar-refractivity contribution in [1.82, 2.24) is 25.2 Å². The molecule has 0 aliphatic carbocycles. The second-order valence-electron chi connectivity index (χ2n) is 12.5. The van der Waals surface area contributed by atoms with E-state index in [1.54, 1.807) is 6.07 Å². The number of ether oxygens (including phenoxy) is 1. The molecule has 2 aromatic heterocycles. The minimum absolute atomic E-state index is 0.0449. The van der Waals surface area contributed by atoms with Crippen molar-refractivity contribution < 1.29 is 22.3 Å². The van der Waals surface area contributed by atoms with Crippen LogP contribution >= 0.6 is 0 Å². The number of nitrogens with two attached hydrogens (primary N) is 1. The van der Waals surface area contributed by atoms with E-state index in [9.17, 15) is 8.78 Å². The number of nitrogens with one attached hydrogen (secondary N) is 1. The van der Waals surface area contributed by atoms with Crippen LogP contribution in [0, 0.1) is 24.0 Å². The molecule has 4 aliphatic heterocycles. The van der Waals surface area contributed by atoms with Crippen LogP contribution in [0.4, 0.5) is 29.1 Å². The molecule has 0 spiro atoms. The molecule has 2 aromatic carbocycles. The van der Waals surface area contributed by atoms with Crippen molar-refractivity contribution in [3.05, 3.63) is 47.2 Å². The third-order valence-corrected chi connectivity index (χ3v) is 9.97. The van der Waals surface area contributed by atoms with Gasteiger partial charge in [0.2, 0.25) is 0 Å². The number of fused-ring (bicyclic) bond motifs is 4. The number of hydrogen-bond acceptors (Lipinski definition) is 8. The van der Waals surface area contributed by atoms with Gasteiger partial charge in [0.1, 0.15) is 29.5 Å². The Morgan fingerprint density at radius 3 is 2.60 bits per heavy atom. The number of hydrogen-bond donors (Lipinski definition) is 2. The van der Waals surface area contributed by atoms with Gasteiger partial charge < -0.3 is 15.4 Å². The third kappa shape index (κ3) is 5.11. The van der Waals surface area contributed by atoms with Gasteiger partial charge in [-0.25, -0.2) is 22.5 Å². The van der Waals surface area contributed by atoms with E-state index in [0.717, 1.165) is 38.8 Å². The maximum atomic E-state index is 16.9. The summed E-state index contributed by atoms with van der Waals surface area (Å²) in [4.78, 5) is 17.9. The predicted molar refractivity (Wildman–Crippen MR) is 175 cm³/mol. The van der Waals surface area contributed by atoms with Crippen LogP contribution in [0.15, 0.2) is 24.3 Å². The number of terminal acetylenes is 1. The Kier molecular flexibility index (Phi) is 8.09. The van der Waals surface area contributed by atoms with E-state index >= 15 is 8.78 Å². The Labute approximate surface area is 270 Å². The summed E-state index contributed by atoms with van der Waals surface area (Å²) in [5, 5.41) is 3.42. The molecule has 3 saturated heterocycles. The molecule has 8 nitrogen and oxygen atoms in total. The van der Waals surface area contributed by atoms with E-state index in [4.69, 9.17) is 21.9 Å². The first kappa shape index (κ1) is 31.4. The van der Waals surface area contributed by atoms with E-state index in [2.05, 4.69) is 26.1 Å². The van der Waals surface area contributed by atoms with E-state index < -0.39 is 30.3 Å². The third-order valence-electron chi connectivity index (χ3n) is 9.97. The largest absolute Gasteiger partial charge is 0.461 e. The van der Waals surface area contributed by atoms with Gasteiger partial charge in [-0.2, -0.15) is 9.97 Å². The maximum Gasteiger partial charge on any atom is 0.319 e. The molecule has 4 aromatic rings. The van der Waals surface area contributed by atoms with Crippen molar-refractivity contribution in [3.8, 4) is 29.6 Å². The van der Waals surface area contributed by atoms with Crippen LogP contribution in [0.1, 0.15) is 57.2 Å².